The van der Waals surface area contributed by atoms with Crippen molar-refractivity contribution in [3.05, 3.63) is 70.3 Å². The summed E-state index contributed by atoms with van der Waals surface area (Å²) in [5.74, 6) is 0.607. The second-order valence-electron chi connectivity index (χ2n) is 8.71. The Labute approximate surface area is 189 Å². The highest BCUT2D eigenvalue weighted by atomic mass is 16.2. The standard InChI is InChI=1S/C26H32N4O2/c1-4-19-14-16-20(17-15-19)27-26(32)30(21-10-6-5-7-11-21)18(2)24-28-23-13-9-8-12-22(23)25(31)29(24)3/h8-9,12-18,21H,4-7,10-11H2,1-3H3,(H,27,32). The van der Waals surface area contributed by atoms with Crippen LogP contribution in [0.15, 0.2) is 53.3 Å². The van der Waals surface area contributed by atoms with Crippen molar-refractivity contribution >= 4 is 22.6 Å². The largest absolute Gasteiger partial charge is 0.322 e. The Morgan fingerprint density at radius 3 is 2.50 bits per heavy atom. The van der Waals surface area contributed by atoms with E-state index in [1.807, 2.05) is 54.3 Å². The lowest BCUT2D eigenvalue weighted by atomic mass is 9.93. The van der Waals surface area contributed by atoms with Crippen LogP contribution in [-0.2, 0) is 13.5 Å². The number of hydrogen-bond acceptors (Lipinski definition) is 3. The Kier molecular flexibility index (Phi) is 6.58. The minimum Gasteiger partial charge on any atom is -0.312 e. The number of nitrogens with zero attached hydrogens (tertiary/aromatic N) is 3. The second-order valence-corrected chi connectivity index (χ2v) is 8.71. The molecule has 1 aliphatic carbocycles. The lowest BCUT2D eigenvalue weighted by Gasteiger charge is -2.38. The van der Waals surface area contributed by atoms with Gasteiger partial charge in [-0.25, -0.2) is 9.78 Å². The lowest BCUT2D eigenvalue weighted by Crippen LogP contribution is -2.46. The molecule has 1 N–H and O–H groups in total. The van der Waals surface area contributed by atoms with Gasteiger partial charge in [0, 0.05) is 18.8 Å². The number of aryl methyl sites for hydroxylation is 1. The van der Waals surface area contributed by atoms with Crippen molar-refractivity contribution in [1.82, 2.24) is 14.5 Å². The maximum absolute atomic E-state index is 13.5. The normalized spacial score (nSPS) is 15.5. The fourth-order valence-electron chi connectivity index (χ4n) is 4.76. The first kappa shape index (κ1) is 22.1. The number of benzene rings is 2. The number of carbonyl (C=O) groups excluding carboxylic acids is 1. The van der Waals surface area contributed by atoms with Gasteiger partial charge in [0.05, 0.1) is 16.9 Å². The number of nitrogens with one attached hydrogen (secondary N) is 1. The Balaban J connectivity index is 1.69. The van der Waals surface area contributed by atoms with Gasteiger partial charge in [-0.3, -0.25) is 9.36 Å². The highest BCUT2D eigenvalue weighted by Gasteiger charge is 2.32. The molecule has 1 aromatic heterocycles. The van der Waals surface area contributed by atoms with Gasteiger partial charge in [0.1, 0.15) is 5.82 Å². The van der Waals surface area contributed by atoms with Crippen LogP contribution in [0.2, 0.25) is 0 Å². The summed E-state index contributed by atoms with van der Waals surface area (Å²) in [7, 11) is 1.74. The summed E-state index contributed by atoms with van der Waals surface area (Å²) in [4.78, 5) is 33.2. The molecule has 0 spiro atoms. The van der Waals surface area contributed by atoms with E-state index in [0.29, 0.717) is 16.7 Å². The van der Waals surface area contributed by atoms with E-state index in [0.717, 1.165) is 37.8 Å². The molecule has 0 bridgehead atoms. The van der Waals surface area contributed by atoms with Crippen molar-refractivity contribution in [3.8, 4) is 0 Å². The molecular weight excluding hydrogens is 400 g/mol. The molecule has 3 aromatic rings. The molecular formula is C26H32N4O2. The molecule has 1 atom stereocenters. The average molecular weight is 433 g/mol. The van der Waals surface area contributed by atoms with Crippen LogP contribution in [-0.4, -0.2) is 26.5 Å². The Morgan fingerprint density at radius 2 is 1.81 bits per heavy atom. The molecule has 1 fully saturated rings. The number of urea groups is 1. The van der Waals surface area contributed by atoms with Crippen LogP contribution in [0, 0.1) is 0 Å². The van der Waals surface area contributed by atoms with Crippen molar-refractivity contribution in [3.63, 3.8) is 0 Å². The van der Waals surface area contributed by atoms with Gasteiger partial charge in [-0.1, -0.05) is 50.5 Å². The van der Waals surface area contributed by atoms with E-state index < -0.39 is 0 Å². The van der Waals surface area contributed by atoms with Gasteiger partial charge in [-0.2, -0.15) is 0 Å². The molecule has 168 valence electrons. The number of rotatable bonds is 5. The summed E-state index contributed by atoms with van der Waals surface area (Å²) < 4.78 is 1.59. The van der Waals surface area contributed by atoms with Crippen LogP contribution >= 0.6 is 0 Å². The Bertz CT molecular complexity index is 1150. The first-order valence-corrected chi connectivity index (χ1v) is 11.6. The van der Waals surface area contributed by atoms with Gasteiger partial charge in [-0.15, -0.1) is 0 Å². The zero-order chi connectivity index (χ0) is 22.7. The van der Waals surface area contributed by atoms with Gasteiger partial charge >= 0.3 is 6.03 Å². The molecule has 32 heavy (non-hydrogen) atoms. The quantitative estimate of drug-likeness (QED) is 0.585. The van der Waals surface area contributed by atoms with E-state index in [-0.39, 0.29) is 23.7 Å². The SMILES string of the molecule is CCc1ccc(NC(=O)N(C2CCCCC2)C(C)c2nc3ccccc3c(=O)n2C)cc1. The first-order chi connectivity index (χ1) is 15.5. The highest BCUT2D eigenvalue weighted by Crippen LogP contribution is 2.30. The van der Waals surface area contributed by atoms with Crippen LogP contribution < -0.4 is 10.9 Å². The summed E-state index contributed by atoms with van der Waals surface area (Å²) >= 11 is 0. The molecule has 4 rings (SSSR count). The highest BCUT2D eigenvalue weighted by molar-refractivity contribution is 5.90. The predicted molar refractivity (Wildman–Crippen MR) is 129 cm³/mol. The minimum atomic E-state index is -0.338. The number of fused-ring (bicyclic) bond motifs is 1. The van der Waals surface area contributed by atoms with Crippen LogP contribution in [0.3, 0.4) is 0 Å². The summed E-state index contributed by atoms with van der Waals surface area (Å²) in [6, 6.07) is 15.0. The first-order valence-electron chi connectivity index (χ1n) is 11.6. The molecule has 1 saturated carbocycles. The smallest absolute Gasteiger partial charge is 0.312 e. The van der Waals surface area contributed by atoms with E-state index in [1.54, 1.807) is 17.7 Å². The zero-order valence-electron chi connectivity index (χ0n) is 19.2. The van der Waals surface area contributed by atoms with Crippen molar-refractivity contribution in [2.45, 2.75) is 64.5 Å². The maximum Gasteiger partial charge on any atom is 0.322 e. The van der Waals surface area contributed by atoms with Crippen molar-refractivity contribution in [1.29, 1.82) is 0 Å². The number of aromatic nitrogens is 2. The van der Waals surface area contributed by atoms with E-state index in [2.05, 4.69) is 12.2 Å². The minimum absolute atomic E-state index is 0.0865. The van der Waals surface area contributed by atoms with Gasteiger partial charge < -0.3 is 10.2 Å². The zero-order valence-corrected chi connectivity index (χ0v) is 19.2. The van der Waals surface area contributed by atoms with E-state index in [4.69, 9.17) is 4.98 Å². The third-order valence-electron chi connectivity index (χ3n) is 6.62. The van der Waals surface area contributed by atoms with Crippen molar-refractivity contribution in [2.24, 2.45) is 7.05 Å². The van der Waals surface area contributed by atoms with Gasteiger partial charge in [0.25, 0.3) is 5.56 Å². The maximum atomic E-state index is 13.5. The molecule has 1 aliphatic rings. The number of para-hydroxylation sites is 1. The Morgan fingerprint density at radius 1 is 1.12 bits per heavy atom. The van der Waals surface area contributed by atoms with Crippen LogP contribution in [0.4, 0.5) is 10.5 Å². The van der Waals surface area contributed by atoms with Gasteiger partial charge in [-0.05, 0) is 56.0 Å². The summed E-state index contributed by atoms with van der Waals surface area (Å²) in [5.41, 5.74) is 2.59. The van der Waals surface area contributed by atoms with Crippen molar-refractivity contribution in [2.75, 3.05) is 5.32 Å². The molecule has 6 nitrogen and oxygen atoms in total. The number of anilines is 1. The third kappa shape index (κ3) is 4.40. The Hall–Kier alpha value is -3.15. The number of hydrogen-bond donors (Lipinski definition) is 1. The molecule has 2 amide bonds. The summed E-state index contributed by atoms with van der Waals surface area (Å²) in [6.07, 6.45) is 6.31. The third-order valence-corrected chi connectivity index (χ3v) is 6.62. The van der Waals surface area contributed by atoms with Gasteiger partial charge in [0.2, 0.25) is 0 Å². The molecule has 0 aliphatic heterocycles. The molecule has 0 radical (unpaired) electrons. The molecule has 0 saturated heterocycles. The van der Waals surface area contributed by atoms with Crippen LogP contribution in [0.1, 0.15) is 63.4 Å². The topological polar surface area (TPSA) is 67.2 Å². The van der Waals surface area contributed by atoms with Crippen LogP contribution in [0.25, 0.3) is 10.9 Å². The lowest BCUT2D eigenvalue weighted by molar-refractivity contribution is 0.134. The van der Waals surface area contributed by atoms with Crippen molar-refractivity contribution < 1.29 is 4.79 Å². The number of carbonyl (C=O) groups is 1. The fraction of sp³-hybridized carbons (Fsp3) is 0.423. The van der Waals surface area contributed by atoms with E-state index in [1.165, 1.54) is 12.0 Å². The molecule has 2 aromatic carbocycles. The average Bonchev–Trinajstić information content (AvgIpc) is 2.82. The van der Waals surface area contributed by atoms with Crippen LogP contribution in [0.5, 0.6) is 0 Å². The fourth-order valence-corrected chi connectivity index (χ4v) is 4.76. The summed E-state index contributed by atoms with van der Waals surface area (Å²) in [5, 5.41) is 3.68. The monoisotopic (exact) mass is 432 g/mol. The molecule has 1 unspecified atom stereocenters. The molecule has 6 heteroatoms. The van der Waals surface area contributed by atoms with Gasteiger partial charge in [0.15, 0.2) is 0 Å². The van der Waals surface area contributed by atoms with E-state index in [9.17, 15) is 9.59 Å². The second kappa shape index (κ2) is 9.55. The molecule has 1 heterocycles. The predicted octanol–water partition coefficient (Wildman–Crippen LogP) is 5.42. The summed E-state index contributed by atoms with van der Waals surface area (Å²) in [6.45, 7) is 4.09. The van der Waals surface area contributed by atoms with E-state index >= 15 is 0 Å². The number of amides is 2.